The topological polar surface area (TPSA) is 53.7 Å². The molecule has 25 heavy (non-hydrogen) atoms. The maximum atomic E-state index is 11.9. The largest absolute Gasteiger partial charge is 0.315 e. The quantitative estimate of drug-likeness (QED) is 0.809. The molecule has 1 saturated heterocycles. The van der Waals surface area contributed by atoms with Gasteiger partial charge in [0.05, 0.1) is 29.7 Å². The summed E-state index contributed by atoms with van der Waals surface area (Å²) in [7, 11) is 1.84. The zero-order chi connectivity index (χ0) is 17.4. The molecule has 6 heteroatoms. The van der Waals surface area contributed by atoms with Gasteiger partial charge in [-0.2, -0.15) is 5.10 Å². The van der Waals surface area contributed by atoms with Gasteiger partial charge in [-0.05, 0) is 31.5 Å². The van der Waals surface area contributed by atoms with Gasteiger partial charge in [0.2, 0.25) is 5.91 Å². The first kappa shape index (κ1) is 16.5. The SMILES string of the molecule is CC(=O)N(C)C1=c2cnn(CCN3CCCCCC3)c2=NC2C=C1C2. The second-order valence-electron chi connectivity index (χ2n) is 7.38. The molecule has 1 aliphatic carbocycles. The second kappa shape index (κ2) is 6.75. The van der Waals surface area contributed by atoms with Gasteiger partial charge in [-0.15, -0.1) is 0 Å². The number of likely N-dealkylation sites (tertiary alicyclic amines) is 1. The smallest absolute Gasteiger partial charge is 0.223 e. The minimum atomic E-state index is 0.0458. The van der Waals surface area contributed by atoms with Crippen LogP contribution in [-0.4, -0.2) is 58.2 Å². The molecule has 1 aromatic heterocycles. The van der Waals surface area contributed by atoms with Crippen molar-refractivity contribution in [2.75, 3.05) is 26.7 Å². The number of carbonyl (C=O) groups is 1. The summed E-state index contributed by atoms with van der Waals surface area (Å²) < 4.78 is 2.03. The van der Waals surface area contributed by atoms with E-state index in [2.05, 4.69) is 16.1 Å². The van der Waals surface area contributed by atoms with Crippen LogP contribution in [0.1, 0.15) is 39.0 Å². The molecule has 1 amide bonds. The minimum absolute atomic E-state index is 0.0458. The molecule has 0 aromatic carbocycles. The zero-order valence-electron chi connectivity index (χ0n) is 15.2. The van der Waals surface area contributed by atoms with Crippen LogP contribution >= 0.6 is 0 Å². The highest BCUT2D eigenvalue weighted by Gasteiger charge is 2.29. The van der Waals surface area contributed by atoms with Crippen molar-refractivity contribution in [3.05, 3.63) is 28.6 Å². The first-order chi connectivity index (χ1) is 12.1. The Morgan fingerprint density at radius 1 is 1.24 bits per heavy atom. The number of aromatic nitrogens is 2. The van der Waals surface area contributed by atoms with E-state index in [1.165, 1.54) is 44.3 Å². The molecule has 0 N–H and O–H groups in total. The van der Waals surface area contributed by atoms with Crippen molar-refractivity contribution >= 4 is 11.6 Å². The van der Waals surface area contributed by atoms with Gasteiger partial charge in [0.15, 0.2) is 5.49 Å². The van der Waals surface area contributed by atoms with Gasteiger partial charge in [-0.1, -0.05) is 18.9 Å². The molecule has 1 aromatic rings. The first-order valence-corrected chi connectivity index (χ1v) is 9.45. The van der Waals surface area contributed by atoms with Crippen LogP contribution in [0.25, 0.3) is 5.70 Å². The van der Waals surface area contributed by atoms with Crippen LogP contribution in [0.4, 0.5) is 0 Å². The van der Waals surface area contributed by atoms with Crippen LogP contribution in [0.5, 0.6) is 0 Å². The van der Waals surface area contributed by atoms with Crippen LogP contribution < -0.4 is 10.7 Å². The number of amides is 1. The maximum absolute atomic E-state index is 11.9. The number of rotatable bonds is 4. The predicted octanol–water partition coefficient (Wildman–Crippen LogP) is 0.678. The molecule has 1 atom stereocenters. The lowest BCUT2D eigenvalue weighted by Crippen LogP contribution is -2.38. The Kier molecular flexibility index (Phi) is 4.46. The summed E-state index contributed by atoms with van der Waals surface area (Å²) in [6, 6.07) is 0.236. The zero-order valence-corrected chi connectivity index (χ0v) is 15.2. The lowest BCUT2D eigenvalue weighted by Gasteiger charge is -2.27. The summed E-state index contributed by atoms with van der Waals surface area (Å²) in [6.45, 7) is 5.87. The summed E-state index contributed by atoms with van der Waals surface area (Å²) >= 11 is 0. The van der Waals surface area contributed by atoms with Crippen molar-refractivity contribution in [2.45, 2.75) is 51.6 Å². The van der Waals surface area contributed by atoms with Crippen LogP contribution in [0, 0.1) is 0 Å². The minimum Gasteiger partial charge on any atom is -0.315 e. The van der Waals surface area contributed by atoms with Gasteiger partial charge < -0.3 is 9.80 Å². The van der Waals surface area contributed by atoms with E-state index in [4.69, 9.17) is 4.99 Å². The number of hydrogen-bond acceptors (Lipinski definition) is 4. The maximum Gasteiger partial charge on any atom is 0.223 e. The third-order valence-electron chi connectivity index (χ3n) is 5.62. The van der Waals surface area contributed by atoms with E-state index in [0.29, 0.717) is 0 Å². The average Bonchev–Trinajstić information content (AvgIpc) is 2.76. The summed E-state index contributed by atoms with van der Waals surface area (Å²) in [5.41, 5.74) is 3.14. The predicted molar refractivity (Wildman–Crippen MR) is 96.3 cm³/mol. The van der Waals surface area contributed by atoms with Crippen LogP contribution in [0.3, 0.4) is 0 Å². The number of likely N-dealkylation sites (N-methyl/N-ethyl adjacent to an activating group) is 1. The lowest BCUT2D eigenvalue weighted by molar-refractivity contribution is -0.124. The second-order valence-corrected chi connectivity index (χ2v) is 7.38. The third-order valence-corrected chi connectivity index (χ3v) is 5.62. The van der Waals surface area contributed by atoms with E-state index in [0.717, 1.165) is 35.9 Å². The summed E-state index contributed by atoms with van der Waals surface area (Å²) in [6.07, 6.45) is 10.3. The van der Waals surface area contributed by atoms with E-state index in [1.807, 2.05) is 17.9 Å². The van der Waals surface area contributed by atoms with Crippen molar-refractivity contribution < 1.29 is 4.79 Å². The monoisotopic (exact) mass is 341 g/mol. The van der Waals surface area contributed by atoms with Gasteiger partial charge in [0.25, 0.3) is 0 Å². The fourth-order valence-corrected chi connectivity index (χ4v) is 4.01. The highest BCUT2D eigenvalue weighted by atomic mass is 16.2. The van der Waals surface area contributed by atoms with E-state index in [9.17, 15) is 4.79 Å². The molecule has 0 radical (unpaired) electrons. The van der Waals surface area contributed by atoms with E-state index in [1.54, 1.807) is 11.8 Å². The van der Waals surface area contributed by atoms with Crippen LogP contribution in [0.2, 0.25) is 0 Å². The van der Waals surface area contributed by atoms with Gasteiger partial charge in [0, 0.05) is 26.9 Å². The molecule has 6 nitrogen and oxygen atoms in total. The van der Waals surface area contributed by atoms with Crippen molar-refractivity contribution in [1.29, 1.82) is 0 Å². The molecule has 134 valence electrons. The molecular weight excluding hydrogens is 314 g/mol. The standard InChI is InChI=1S/C19H27N5O/c1-14(25)22(2)18-15-11-16(12-15)21-19-17(18)13-20-24(19)10-9-23-7-5-3-4-6-8-23/h11,13,16H,3-10,12H2,1-2H3. The molecule has 3 aliphatic heterocycles. The molecule has 5 rings (SSSR count). The summed E-state index contributed by atoms with van der Waals surface area (Å²) in [5, 5.41) is 5.60. The van der Waals surface area contributed by atoms with Gasteiger partial charge >= 0.3 is 0 Å². The fraction of sp³-hybridized carbons (Fsp3) is 0.632. The Bertz CT molecular complexity index is 813. The molecule has 2 bridgehead atoms. The molecule has 4 aliphatic rings. The lowest BCUT2D eigenvalue weighted by atomic mass is 9.91. The third kappa shape index (κ3) is 3.15. The Hall–Kier alpha value is -1.95. The van der Waals surface area contributed by atoms with Crippen molar-refractivity contribution in [1.82, 2.24) is 19.6 Å². The highest BCUT2D eigenvalue weighted by Crippen LogP contribution is 2.31. The van der Waals surface area contributed by atoms with Crippen LogP contribution in [-0.2, 0) is 11.3 Å². The van der Waals surface area contributed by atoms with Gasteiger partial charge in [-0.25, -0.2) is 4.68 Å². The van der Waals surface area contributed by atoms with Gasteiger partial charge in [0.1, 0.15) is 0 Å². The number of nitrogens with zero attached hydrogens (tertiary/aromatic N) is 5. The number of carbonyl (C=O) groups excluding carboxylic acids is 1. The van der Waals surface area contributed by atoms with E-state index >= 15 is 0 Å². The Balaban J connectivity index is 1.63. The van der Waals surface area contributed by atoms with Crippen LogP contribution in [0.15, 0.2) is 22.8 Å². The molecule has 0 saturated carbocycles. The Labute approximate surface area is 148 Å². The molecule has 4 heterocycles. The highest BCUT2D eigenvalue weighted by molar-refractivity contribution is 5.85. The first-order valence-electron chi connectivity index (χ1n) is 9.45. The van der Waals surface area contributed by atoms with Crippen molar-refractivity contribution in [3.8, 4) is 0 Å². The Morgan fingerprint density at radius 2 is 1.96 bits per heavy atom. The molecular formula is C19H27N5O. The van der Waals surface area contributed by atoms with E-state index < -0.39 is 0 Å². The molecule has 1 fully saturated rings. The Morgan fingerprint density at radius 3 is 2.64 bits per heavy atom. The fourth-order valence-electron chi connectivity index (χ4n) is 4.01. The van der Waals surface area contributed by atoms with Gasteiger partial charge in [-0.3, -0.25) is 9.79 Å². The van der Waals surface area contributed by atoms with Crippen molar-refractivity contribution in [2.24, 2.45) is 4.99 Å². The average molecular weight is 341 g/mol. The van der Waals surface area contributed by atoms with Crippen molar-refractivity contribution in [3.63, 3.8) is 0 Å². The van der Waals surface area contributed by atoms with E-state index in [-0.39, 0.29) is 11.9 Å². The normalized spacial score (nSPS) is 22.9. The summed E-state index contributed by atoms with van der Waals surface area (Å²) in [5.74, 6) is 0.0458. The molecule has 1 unspecified atom stereocenters. The summed E-state index contributed by atoms with van der Waals surface area (Å²) in [4.78, 5) is 21.1. The molecule has 0 spiro atoms. The number of hydrogen-bond donors (Lipinski definition) is 0.